The van der Waals surface area contributed by atoms with Crippen LogP contribution in [-0.4, -0.2) is 69.9 Å². The molecule has 0 spiro atoms. The summed E-state index contributed by atoms with van der Waals surface area (Å²) in [5, 5.41) is 0. The molecule has 2 saturated heterocycles. The molecule has 2 fully saturated rings. The van der Waals surface area contributed by atoms with Crippen LogP contribution in [0.4, 0.5) is 5.69 Å². The third kappa shape index (κ3) is 5.86. The number of nitrogens with zero attached hydrogens (tertiary/aromatic N) is 3. The Morgan fingerprint density at radius 2 is 1.67 bits per heavy atom. The van der Waals surface area contributed by atoms with Gasteiger partial charge in [0.15, 0.2) is 0 Å². The van der Waals surface area contributed by atoms with E-state index in [4.69, 9.17) is 4.74 Å². The number of rotatable bonds is 8. The molecule has 196 valence electrons. The number of piperazine rings is 1. The quantitative estimate of drug-likeness (QED) is 0.533. The van der Waals surface area contributed by atoms with Crippen LogP contribution in [0, 0.1) is 11.8 Å². The van der Waals surface area contributed by atoms with Crippen LogP contribution in [0.3, 0.4) is 0 Å². The van der Waals surface area contributed by atoms with Gasteiger partial charge in [-0.15, -0.1) is 0 Å². The average molecular weight is 514 g/mol. The van der Waals surface area contributed by atoms with E-state index in [9.17, 15) is 13.2 Å². The van der Waals surface area contributed by atoms with E-state index in [0.29, 0.717) is 55.8 Å². The molecule has 1 amide bonds. The summed E-state index contributed by atoms with van der Waals surface area (Å²) < 4.78 is 34.3. The van der Waals surface area contributed by atoms with Gasteiger partial charge >= 0.3 is 0 Å². The Morgan fingerprint density at radius 3 is 2.28 bits per heavy atom. The second kappa shape index (κ2) is 11.6. The number of piperidine rings is 1. The van der Waals surface area contributed by atoms with E-state index in [0.717, 1.165) is 31.4 Å². The van der Waals surface area contributed by atoms with Gasteiger partial charge in [-0.2, -0.15) is 4.31 Å². The van der Waals surface area contributed by atoms with Gasteiger partial charge < -0.3 is 14.5 Å². The number of benzene rings is 2. The highest BCUT2D eigenvalue weighted by atomic mass is 32.2. The van der Waals surface area contributed by atoms with Crippen molar-refractivity contribution in [3.63, 3.8) is 0 Å². The Labute approximate surface area is 216 Å². The number of carbonyl (C=O) groups is 1. The number of sulfonamides is 1. The van der Waals surface area contributed by atoms with Crippen molar-refractivity contribution in [2.24, 2.45) is 11.8 Å². The predicted molar refractivity (Wildman–Crippen MR) is 143 cm³/mol. The van der Waals surface area contributed by atoms with Crippen LogP contribution in [0.25, 0.3) is 0 Å². The summed E-state index contributed by atoms with van der Waals surface area (Å²) in [6, 6.07) is 15.6. The number of hydrogen-bond acceptors (Lipinski definition) is 5. The largest absolute Gasteiger partial charge is 0.495 e. The molecule has 36 heavy (non-hydrogen) atoms. The number of amides is 1. The van der Waals surface area contributed by atoms with Crippen LogP contribution < -0.4 is 9.64 Å². The van der Waals surface area contributed by atoms with E-state index in [-0.39, 0.29) is 11.8 Å². The minimum absolute atomic E-state index is 0.0244. The van der Waals surface area contributed by atoms with E-state index in [1.165, 1.54) is 5.56 Å². The smallest absolute Gasteiger partial charge is 0.243 e. The first-order chi connectivity index (χ1) is 17.3. The number of hydrogen-bond donors (Lipinski definition) is 0. The first-order valence-corrected chi connectivity index (χ1v) is 14.5. The highest BCUT2D eigenvalue weighted by Crippen LogP contribution is 2.34. The first kappa shape index (κ1) is 26.5. The van der Waals surface area contributed by atoms with E-state index in [1.54, 1.807) is 29.6 Å². The normalized spacial score (nSPS) is 18.8. The Balaban J connectivity index is 1.43. The minimum Gasteiger partial charge on any atom is -0.495 e. The van der Waals surface area contributed by atoms with Crippen LogP contribution in [-0.2, 0) is 21.2 Å². The number of ether oxygens (including phenoxy) is 1. The summed E-state index contributed by atoms with van der Waals surface area (Å²) in [6.45, 7) is 7.61. The van der Waals surface area contributed by atoms with Gasteiger partial charge in [0.2, 0.25) is 15.9 Å². The zero-order valence-corrected chi connectivity index (χ0v) is 22.5. The second-order valence-electron chi connectivity index (χ2n) is 9.99. The molecule has 2 aliphatic rings. The van der Waals surface area contributed by atoms with Crippen molar-refractivity contribution in [1.29, 1.82) is 0 Å². The third-order valence-electron chi connectivity index (χ3n) is 7.69. The van der Waals surface area contributed by atoms with E-state index >= 15 is 0 Å². The highest BCUT2D eigenvalue weighted by Gasteiger charge is 2.31. The van der Waals surface area contributed by atoms with E-state index < -0.39 is 10.0 Å². The van der Waals surface area contributed by atoms with Crippen LogP contribution in [0.2, 0.25) is 0 Å². The minimum atomic E-state index is -3.60. The maximum Gasteiger partial charge on any atom is 0.243 e. The zero-order valence-electron chi connectivity index (χ0n) is 21.7. The van der Waals surface area contributed by atoms with Crippen molar-refractivity contribution < 1.29 is 17.9 Å². The molecule has 0 saturated carbocycles. The zero-order chi connectivity index (χ0) is 25.7. The summed E-state index contributed by atoms with van der Waals surface area (Å²) in [4.78, 5) is 16.9. The molecule has 0 bridgehead atoms. The molecule has 8 heteroatoms. The van der Waals surface area contributed by atoms with Crippen molar-refractivity contribution in [1.82, 2.24) is 9.21 Å². The lowest BCUT2D eigenvalue weighted by Gasteiger charge is -2.38. The number of methoxy groups -OCH3 is 1. The molecule has 2 aliphatic heterocycles. The van der Waals surface area contributed by atoms with Gasteiger partial charge in [-0.3, -0.25) is 4.79 Å². The van der Waals surface area contributed by atoms with Crippen LogP contribution in [0.15, 0.2) is 53.4 Å². The molecular weight excluding hydrogens is 474 g/mol. The Hall–Kier alpha value is -2.58. The molecule has 0 aliphatic carbocycles. The molecule has 0 unspecified atom stereocenters. The molecule has 2 heterocycles. The van der Waals surface area contributed by atoms with Gasteiger partial charge in [0, 0.05) is 45.2 Å². The maximum absolute atomic E-state index is 13.5. The monoisotopic (exact) mass is 513 g/mol. The van der Waals surface area contributed by atoms with Gasteiger partial charge in [0.25, 0.3) is 0 Å². The molecule has 4 rings (SSSR count). The summed E-state index contributed by atoms with van der Waals surface area (Å²) in [7, 11) is -1.99. The predicted octanol–water partition coefficient (Wildman–Crippen LogP) is 4.03. The fraction of sp³-hybridized carbons (Fsp3) is 0.536. The molecule has 0 aromatic heterocycles. The number of carbonyl (C=O) groups excluding carboxylic acids is 1. The van der Waals surface area contributed by atoms with Gasteiger partial charge in [0.1, 0.15) is 5.75 Å². The average Bonchev–Trinajstić information content (AvgIpc) is 2.92. The second-order valence-corrected chi connectivity index (χ2v) is 11.9. The van der Waals surface area contributed by atoms with Crippen LogP contribution in [0.1, 0.15) is 38.7 Å². The lowest BCUT2D eigenvalue weighted by Crippen LogP contribution is -2.50. The maximum atomic E-state index is 13.5. The number of anilines is 1. The third-order valence-corrected chi connectivity index (χ3v) is 9.59. The Morgan fingerprint density at radius 1 is 1.00 bits per heavy atom. The molecule has 0 radical (unpaired) electrons. The van der Waals surface area contributed by atoms with Crippen molar-refractivity contribution in [3.05, 3.63) is 54.1 Å². The van der Waals surface area contributed by atoms with E-state index in [1.807, 2.05) is 24.8 Å². The molecule has 1 atom stereocenters. The summed E-state index contributed by atoms with van der Waals surface area (Å²) in [6.07, 6.45) is 3.55. The lowest BCUT2D eigenvalue weighted by molar-refractivity contribution is -0.135. The van der Waals surface area contributed by atoms with Crippen molar-refractivity contribution in [2.45, 2.75) is 44.4 Å². The summed E-state index contributed by atoms with van der Waals surface area (Å²) in [5.41, 5.74) is 2.08. The first-order valence-electron chi connectivity index (χ1n) is 13.1. The van der Waals surface area contributed by atoms with Gasteiger partial charge in [-0.05, 0) is 55.4 Å². The SMILES string of the molecule is CC[C@H](C)C(=O)N1CCN(c2cc(S(=O)(=O)N3CCC(Cc4ccccc4)CC3)ccc2OC)CC1. The van der Waals surface area contributed by atoms with E-state index in [2.05, 4.69) is 29.2 Å². The Bertz CT molecular complexity index is 1120. The highest BCUT2D eigenvalue weighted by molar-refractivity contribution is 7.89. The van der Waals surface area contributed by atoms with Gasteiger partial charge in [-0.1, -0.05) is 44.2 Å². The molecule has 7 nitrogen and oxygen atoms in total. The summed E-state index contributed by atoms with van der Waals surface area (Å²) >= 11 is 0. The molecule has 0 N–H and O–H groups in total. The molecular formula is C28H39N3O4S. The van der Waals surface area contributed by atoms with Crippen LogP contribution >= 0.6 is 0 Å². The fourth-order valence-corrected chi connectivity index (χ4v) is 6.67. The van der Waals surface area contributed by atoms with Crippen molar-refractivity contribution in [2.75, 3.05) is 51.3 Å². The Kier molecular flexibility index (Phi) is 8.57. The van der Waals surface area contributed by atoms with Gasteiger partial charge in [-0.25, -0.2) is 8.42 Å². The van der Waals surface area contributed by atoms with Crippen molar-refractivity contribution in [3.8, 4) is 5.75 Å². The van der Waals surface area contributed by atoms with Crippen molar-refractivity contribution >= 4 is 21.6 Å². The molecule has 2 aromatic carbocycles. The fourth-order valence-electron chi connectivity index (χ4n) is 5.18. The topological polar surface area (TPSA) is 70.2 Å². The lowest BCUT2D eigenvalue weighted by atomic mass is 9.91. The molecule has 2 aromatic rings. The van der Waals surface area contributed by atoms with Crippen LogP contribution in [0.5, 0.6) is 5.75 Å². The van der Waals surface area contributed by atoms with Gasteiger partial charge in [0.05, 0.1) is 17.7 Å². The standard InChI is InChI=1S/C28H39N3O4S/c1-4-22(2)28(32)30-18-16-29(17-19-30)26-21-25(10-11-27(26)35-3)36(33,34)31-14-12-24(13-15-31)20-23-8-6-5-7-9-23/h5-11,21-22,24H,4,12-20H2,1-3H3/t22-/m0/s1. The summed E-state index contributed by atoms with van der Waals surface area (Å²) in [5.74, 6) is 1.37.